The zero-order valence-corrected chi connectivity index (χ0v) is 11.2. The third kappa shape index (κ3) is 3.68. The van der Waals surface area contributed by atoms with Gasteiger partial charge in [-0.25, -0.2) is 4.39 Å². The molecule has 0 saturated heterocycles. The van der Waals surface area contributed by atoms with E-state index in [1.807, 2.05) is 0 Å². The Hall–Kier alpha value is -2.17. The van der Waals surface area contributed by atoms with Gasteiger partial charge in [0, 0.05) is 12.0 Å². The molecule has 0 unspecified atom stereocenters. The van der Waals surface area contributed by atoms with Gasteiger partial charge in [-0.3, -0.25) is 4.79 Å². The van der Waals surface area contributed by atoms with Crippen LogP contribution in [0.1, 0.15) is 27.0 Å². The van der Waals surface area contributed by atoms with Crippen molar-refractivity contribution in [2.75, 3.05) is 0 Å². The van der Waals surface area contributed by atoms with Crippen molar-refractivity contribution >= 4 is 5.78 Å². The molecule has 21 heavy (non-hydrogen) atoms. The zero-order valence-electron chi connectivity index (χ0n) is 11.2. The van der Waals surface area contributed by atoms with Gasteiger partial charge in [-0.05, 0) is 42.3 Å². The van der Waals surface area contributed by atoms with Crippen LogP contribution in [0.4, 0.5) is 17.6 Å². The third-order valence-electron chi connectivity index (χ3n) is 3.11. The van der Waals surface area contributed by atoms with Gasteiger partial charge in [0.1, 0.15) is 5.82 Å². The van der Waals surface area contributed by atoms with Gasteiger partial charge in [-0.15, -0.1) is 0 Å². The predicted molar refractivity (Wildman–Crippen MR) is 70.6 cm³/mol. The summed E-state index contributed by atoms with van der Waals surface area (Å²) in [7, 11) is 0. The molecule has 0 aliphatic rings. The molecule has 0 atom stereocenters. The number of aryl methyl sites for hydroxylation is 1. The largest absolute Gasteiger partial charge is 0.416 e. The van der Waals surface area contributed by atoms with Crippen LogP contribution in [-0.4, -0.2) is 5.78 Å². The molecule has 0 aliphatic carbocycles. The number of hydrogen-bond acceptors (Lipinski definition) is 1. The smallest absolute Gasteiger partial charge is 0.294 e. The van der Waals surface area contributed by atoms with Crippen LogP contribution >= 0.6 is 0 Å². The fraction of sp³-hybridized carbons (Fsp3) is 0.188. The SMILES string of the molecule is Cc1cc(F)ccc1C(=O)Cc1cccc(C(F)(F)F)c1. The number of hydrogen-bond donors (Lipinski definition) is 0. The lowest BCUT2D eigenvalue weighted by Crippen LogP contribution is -2.09. The lowest BCUT2D eigenvalue weighted by atomic mass is 9.98. The molecular formula is C16H12F4O. The first-order valence-electron chi connectivity index (χ1n) is 6.23. The maximum absolute atomic E-state index is 13.0. The van der Waals surface area contributed by atoms with E-state index in [1.54, 1.807) is 6.92 Å². The van der Waals surface area contributed by atoms with E-state index in [0.29, 0.717) is 11.1 Å². The summed E-state index contributed by atoms with van der Waals surface area (Å²) in [6.45, 7) is 1.59. The third-order valence-corrected chi connectivity index (χ3v) is 3.11. The molecule has 0 aliphatic heterocycles. The van der Waals surface area contributed by atoms with Crippen LogP contribution in [0.5, 0.6) is 0 Å². The summed E-state index contributed by atoms with van der Waals surface area (Å²) in [5.74, 6) is -0.796. The van der Waals surface area contributed by atoms with Gasteiger partial charge >= 0.3 is 6.18 Å². The molecule has 0 saturated carbocycles. The number of carbonyl (C=O) groups is 1. The minimum absolute atomic E-state index is 0.156. The number of Topliss-reactive ketones (excluding diaryl/α,β-unsaturated/α-hetero) is 1. The predicted octanol–water partition coefficient (Wildman–Crippen LogP) is 4.58. The van der Waals surface area contributed by atoms with Gasteiger partial charge in [0.25, 0.3) is 0 Å². The Morgan fingerprint density at radius 2 is 1.81 bits per heavy atom. The van der Waals surface area contributed by atoms with Crippen molar-refractivity contribution in [2.45, 2.75) is 19.5 Å². The number of rotatable bonds is 3. The topological polar surface area (TPSA) is 17.1 Å². The number of ketones is 1. The minimum Gasteiger partial charge on any atom is -0.294 e. The van der Waals surface area contributed by atoms with E-state index in [9.17, 15) is 22.4 Å². The average molecular weight is 296 g/mol. The van der Waals surface area contributed by atoms with Crippen LogP contribution in [0.15, 0.2) is 42.5 Å². The maximum atomic E-state index is 13.0. The minimum atomic E-state index is -4.44. The van der Waals surface area contributed by atoms with E-state index >= 15 is 0 Å². The van der Waals surface area contributed by atoms with Crippen molar-refractivity contribution in [1.82, 2.24) is 0 Å². The highest BCUT2D eigenvalue weighted by atomic mass is 19.4. The Kier molecular flexibility index (Phi) is 4.11. The summed E-state index contributed by atoms with van der Waals surface area (Å²) in [5.41, 5.74) is 0.267. The van der Waals surface area contributed by atoms with E-state index in [2.05, 4.69) is 0 Å². The lowest BCUT2D eigenvalue weighted by Gasteiger charge is -2.09. The first-order valence-corrected chi connectivity index (χ1v) is 6.23. The van der Waals surface area contributed by atoms with E-state index in [1.165, 1.54) is 24.3 Å². The summed E-state index contributed by atoms with van der Waals surface area (Å²) in [4.78, 5) is 12.1. The monoisotopic (exact) mass is 296 g/mol. The second-order valence-corrected chi connectivity index (χ2v) is 4.76. The highest BCUT2D eigenvalue weighted by Crippen LogP contribution is 2.29. The molecule has 110 valence electrons. The zero-order chi connectivity index (χ0) is 15.6. The van der Waals surface area contributed by atoms with Gasteiger partial charge in [0.15, 0.2) is 5.78 Å². The van der Waals surface area contributed by atoms with Gasteiger partial charge in [-0.1, -0.05) is 18.2 Å². The molecule has 0 radical (unpaired) electrons. The summed E-state index contributed by atoms with van der Waals surface area (Å²) < 4.78 is 50.8. The number of carbonyl (C=O) groups excluding carboxylic acids is 1. The molecule has 2 aromatic carbocycles. The van der Waals surface area contributed by atoms with Gasteiger partial charge in [0.05, 0.1) is 5.56 Å². The first kappa shape index (κ1) is 15.2. The Bertz CT molecular complexity index is 674. The quantitative estimate of drug-likeness (QED) is 0.598. The van der Waals surface area contributed by atoms with Crippen LogP contribution in [0.2, 0.25) is 0 Å². The van der Waals surface area contributed by atoms with Crippen molar-refractivity contribution < 1.29 is 22.4 Å². The highest BCUT2D eigenvalue weighted by Gasteiger charge is 2.30. The molecule has 2 rings (SSSR count). The Morgan fingerprint density at radius 1 is 1.10 bits per heavy atom. The molecule has 0 fully saturated rings. The highest BCUT2D eigenvalue weighted by molar-refractivity contribution is 5.98. The summed E-state index contributed by atoms with van der Waals surface area (Å²) in [5, 5.41) is 0. The fourth-order valence-electron chi connectivity index (χ4n) is 2.08. The molecule has 0 bridgehead atoms. The van der Waals surface area contributed by atoms with Crippen molar-refractivity contribution in [3.8, 4) is 0 Å². The van der Waals surface area contributed by atoms with Gasteiger partial charge in [-0.2, -0.15) is 13.2 Å². The normalized spacial score (nSPS) is 11.5. The summed E-state index contributed by atoms with van der Waals surface area (Å²) in [6.07, 6.45) is -4.60. The molecular weight excluding hydrogens is 284 g/mol. The molecule has 2 aromatic rings. The molecule has 0 N–H and O–H groups in total. The fourth-order valence-corrected chi connectivity index (χ4v) is 2.08. The lowest BCUT2D eigenvalue weighted by molar-refractivity contribution is -0.137. The van der Waals surface area contributed by atoms with Crippen molar-refractivity contribution in [1.29, 1.82) is 0 Å². The molecule has 0 amide bonds. The van der Waals surface area contributed by atoms with Crippen molar-refractivity contribution in [2.24, 2.45) is 0 Å². The van der Waals surface area contributed by atoms with Gasteiger partial charge in [0.2, 0.25) is 0 Å². The molecule has 0 spiro atoms. The summed E-state index contributed by atoms with van der Waals surface area (Å²) >= 11 is 0. The van der Waals surface area contributed by atoms with E-state index in [0.717, 1.165) is 18.2 Å². The molecule has 1 nitrogen and oxygen atoms in total. The Morgan fingerprint density at radius 3 is 2.43 bits per heavy atom. The molecule has 0 heterocycles. The molecule has 5 heteroatoms. The Balaban J connectivity index is 2.24. The van der Waals surface area contributed by atoms with Crippen LogP contribution in [0, 0.1) is 12.7 Å². The Labute approximate surface area is 119 Å². The van der Waals surface area contributed by atoms with E-state index < -0.39 is 17.6 Å². The standard InChI is InChI=1S/C16H12F4O/c1-10-7-13(17)5-6-14(10)15(21)9-11-3-2-4-12(8-11)16(18,19)20/h2-8H,9H2,1H3. The van der Waals surface area contributed by atoms with E-state index in [4.69, 9.17) is 0 Å². The van der Waals surface area contributed by atoms with E-state index in [-0.39, 0.29) is 17.8 Å². The van der Waals surface area contributed by atoms with Crippen LogP contribution in [-0.2, 0) is 12.6 Å². The number of benzene rings is 2. The van der Waals surface area contributed by atoms with Crippen LogP contribution < -0.4 is 0 Å². The van der Waals surface area contributed by atoms with Crippen molar-refractivity contribution in [3.63, 3.8) is 0 Å². The second kappa shape index (κ2) is 5.68. The second-order valence-electron chi connectivity index (χ2n) is 4.76. The van der Waals surface area contributed by atoms with Crippen LogP contribution in [0.25, 0.3) is 0 Å². The molecule has 0 aromatic heterocycles. The first-order chi connectivity index (χ1) is 9.77. The number of alkyl halides is 3. The number of halogens is 4. The van der Waals surface area contributed by atoms with Crippen molar-refractivity contribution in [3.05, 3.63) is 70.5 Å². The average Bonchev–Trinajstić information content (AvgIpc) is 2.37. The maximum Gasteiger partial charge on any atom is 0.416 e. The summed E-state index contributed by atoms with van der Waals surface area (Å²) in [6, 6.07) is 8.37. The van der Waals surface area contributed by atoms with Gasteiger partial charge < -0.3 is 0 Å². The van der Waals surface area contributed by atoms with Crippen LogP contribution in [0.3, 0.4) is 0 Å².